The first kappa shape index (κ1) is 15.7. The van der Waals surface area contributed by atoms with Crippen molar-refractivity contribution in [3.8, 4) is 11.1 Å². The summed E-state index contributed by atoms with van der Waals surface area (Å²) in [4.78, 5) is 23.2. The molecule has 0 radical (unpaired) electrons. The SMILES string of the molecule is Cc1cc2ccccc2c(-c2ccccc2C(N)=O)c1CC(=O)O. The van der Waals surface area contributed by atoms with E-state index in [-0.39, 0.29) is 6.42 Å². The van der Waals surface area contributed by atoms with Crippen LogP contribution in [0.15, 0.2) is 54.6 Å². The molecule has 4 heteroatoms. The molecule has 3 aromatic carbocycles. The fraction of sp³-hybridized carbons (Fsp3) is 0.100. The molecule has 0 fully saturated rings. The second-order valence-electron chi connectivity index (χ2n) is 5.75. The maximum absolute atomic E-state index is 11.9. The number of benzene rings is 3. The van der Waals surface area contributed by atoms with Crippen molar-refractivity contribution in [2.75, 3.05) is 0 Å². The normalized spacial score (nSPS) is 10.7. The largest absolute Gasteiger partial charge is 0.481 e. The molecule has 0 saturated carbocycles. The van der Waals surface area contributed by atoms with Gasteiger partial charge in [0.25, 0.3) is 0 Å². The molecule has 0 unspecified atom stereocenters. The van der Waals surface area contributed by atoms with Crippen LogP contribution < -0.4 is 5.73 Å². The Balaban J connectivity index is 2.45. The Kier molecular flexibility index (Phi) is 4.04. The molecule has 0 aliphatic rings. The lowest BCUT2D eigenvalue weighted by Gasteiger charge is -2.17. The molecule has 3 aromatic rings. The van der Waals surface area contributed by atoms with Crippen LogP contribution in [0.1, 0.15) is 21.5 Å². The zero-order valence-electron chi connectivity index (χ0n) is 13.2. The summed E-state index contributed by atoms with van der Waals surface area (Å²) in [7, 11) is 0. The van der Waals surface area contributed by atoms with E-state index in [1.165, 1.54) is 0 Å². The smallest absolute Gasteiger partial charge is 0.307 e. The van der Waals surface area contributed by atoms with Crippen LogP contribution in [0.25, 0.3) is 21.9 Å². The van der Waals surface area contributed by atoms with Crippen LogP contribution in [0.4, 0.5) is 0 Å². The van der Waals surface area contributed by atoms with Gasteiger partial charge < -0.3 is 10.8 Å². The predicted molar refractivity (Wildman–Crippen MR) is 94.0 cm³/mol. The minimum Gasteiger partial charge on any atom is -0.481 e. The summed E-state index contributed by atoms with van der Waals surface area (Å²) >= 11 is 0. The van der Waals surface area contributed by atoms with E-state index in [2.05, 4.69) is 0 Å². The standard InChI is InChI=1S/C20H17NO3/c1-12-10-13-6-2-3-7-14(13)19(17(12)11-18(22)23)15-8-4-5-9-16(15)20(21)24/h2-10H,11H2,1H3,(H2,21,24)(H,22,23). The molecule has 0 aromatic heterocycles. The Bertz CT molecular complexity index is 960. The summed E-state index contributed by atoms with van der Waals surface area (Å²) in [5.41, 5.74) is 8.94. The first-order chi connectivity index (χ1) is 11.5. The first-order valence-electron chi connectivity index (χ1n) is 7.61. The van der Waals surface area contributed by atoms with Gasteiger partial charge in [-0.15, -0.1) is 0 Å². The number of carbonyl (C=O) groups excluding carboxylic acids is 1. The Hall–Kier alpha value is -3.14. The number of hydrogen-bond acceptors (Lipinski definition) is 2. The van der Waals surface area contributed by atoms with E-state index in [0.29, 0.717) is 16.7 Å². The van der Waals surface area contributed by atoms with E-state index < -0.39 is 11.9 Å². The Labute approximate surface area is 139 Å². The van der Waals surface area contributed by atoms with Crippen molar-refractivity contribution in [1.82, 2.24) is 0 Å². The van der Waals surface area contributed by atoms with Crippen molar-refractivity contribution in [3.05, 3.63) is 71.3 Å². The van der Waals surface area contributed by atoms with Gasteiger partial charge in [-0.25, -0.2) is 0 Å². The van der Waals surface area contributed by atoms with Crippen molar-refractivity contribution < 1.29 is 14.7 Å². The van der Waals surface area contributed by atoms with Crippen molar-refractivity contribution in [1.29, 1.82) is 0 Å². The van der Waals surface area contributed by atoms with Gasteiger partial charge in [-0.05, 0) is 46.0 Å². The van der Waals surface area contributed by atoms with Crippen LogP contribution in [0.3, 0.4) is 0 Å². The van der Waals surface area contributed by atoms with Gasteiger partial charge >= 0.3 is 5.97 Å². The lowest BCUT2D eigenvalue weighted by molar-refractivity contribution is -0.136. The lowest BCUT2D eigenvalue weighted by Crippen LogP contribution is -2.13. The van der Waals surface area contributed by atoms with Crippen molar-refractivity contribution in [2.45, 2.75) is 13.3 Å². The molecule has 0 bridgehead atoms. The van der Waals surface area contributed by atoms with Gasteiger partial charge in [0.15, 0.2) is 0 Å². The molecule has 0 spiro atoms. The maximum atomic E-state index is 11.9. The average molecular weight is 319 g/mol. The first-order valence-corrected chi connectivity index (χ1v) is 7.61. The van der Waals surface area contributed by atoms with Gasteiger partial charge in [0.2, 0.25) is 5.91 Å². The zero-order chi connectivity index (χ0) is 17.3. The second-order valence-corrected chi connectivity index (χ2v) is 5.75. The second kappa shape index (κ2) is 6.16. The molecule has 0 aliphatic heterocycles. The van der Waals surface area contributed by atoms with Gasteiger partial charge in [-0.3, -0.25) is 9.59 Å². The van der Waals surface area contributed by atoms with Crippen molar-refractivity contribution in [3.63, 3.8) is 0 Å². The number of carbonyl (C=O) groups is 2. The fourth-order valence-electron chi connectivity index (χ4n) is 3.13. The molecule has 0 heterocycles. The van der Waals surface area contributed by atoms with E-state index in [1.54, 1.807) is 12.1 Å². The summed E-state index contributed by atoms with van der Waals surface area (Å²) in [6, 6.07) is 16.8. The molecule has 120 valence electrons. The van der Waals surface area contributed by atoms with Crippen molar-refractivity contribution >= 4 is 22.6 Å². The highest BCUT2D eigenvalue weighted by Gasteiger charge is 2.19. The molecule has 24 heavy (non-hydrogen) atoms. The number of fused-ring (bicyclic) bond motifs is 1. The lowest BCUT2D eigenvalue weighted by atomic mass is 9.86. The van der Waals surface area contributed by atoms with Crippen LogP contribution in [-0.2, 0) is 11.2 Å². The number of amides is 1. The molecule has 3 rings (SSSR count). The summed E-state index contributed by atoms with van der Waals surface area (Å²) in [5.74, 6) is -1.44. The molecule has 0 atom stereocenters. The van der Waals surface area contributed by atoms with Crippen molar-refractivity contribution in [2.24, 2.45) is 5.73 Å². The summed E-state index contributed by atoms with van der Waals surface area (Å²) in [6.45, 7) is 1.89. The minimum absolute atomic E-state index is 0.112. The van der Waals surface area contributed by atoms with Gasteiger partial charge in [-0.2, -0.15) is 0 Å². The van der Waals surface area contributed by atoms with Crippen LogP contribution in [0.5, 0.6) is 0 Å². The third-order valence-electron chi connectivity index (χ3n) is 4.17. The van der Waals surface area contributed by atoms with Crippen LogP contribution in [0.2, 0.25) is 0 Å². The highest BCUT2D eigenvalue weighted by Crippen LogP contribution is 2.36. The molecular formula is C20H17NO3. The number of primary amides is 1. The Morgan fingerprint density at radius 2 is 1.71 bits per heavy atom. The van der Waals surface area contributed by atoms with Gasteiger partial charge in [-0.1, -0.05) is 48.5 Å². The zero-order valence-corrected chi connectivity index (χ0v) is 13.2. The monoisotopic (exact) mass is 319 g/mol. The predicted octanol–water partition coefficient (Wildman–Crippen LogP) is 3.54. The third-order valence-corrected chi connectivity index (χ3v) is 4.17. The summed E-state index contributed by atoms with van der Waals surface area (Å²) < 4.78 is 0. The van der Waals surface area contributed by atoms with E-state index in [0.717, 1.165) is 21.9 Å². The van der Waals surface area contributed by atoms with E-state index >= 15 is 0 Å². The highest BCUT2D eigenvalue weighted by molar-refractivity contribution is 6.07. The number of nitrogens with two attached hydrogens (primary N) is 1. The number of carboxylic acid groups (broad SMARTS) is 1. The summed E-state index contributed by atoms with van der Waals surface area (Å²) in [5, 5.41) is 11.2. The fourth-order valence-corrected chi connectivity index (χ4v) is 3.13. The Morgan fingerprint density at radius 3 is 2.42 bits per heavy atom. The number of rotatable bonds is 4. The highest BCUT2D eigenvalue weighted by atomic mass is 16.4. The number of aryl methyl sites for hydroxylation is 1. The van der Waals surface area contributed by atoms with E-state index in [4.69, 9.17) is 5.73 Å². The number of carboxylic acids is 1. The maximum Gasteiger partial charge on any atom is 0.307 e. The topological polar surface area (TPSA) is 80.4 Å². The number of hydrogen-bond donors (Lipinski definition) is 2. The average Bonchev–Trinajstić information content (AvgIpc) is 2.55. The molecule has 0 aliphatic carbocycles. The van der Waals surface area contributed by atoms with Gasteiger partial charge in [0, 0.05) is 5.56 Å². The summed E-state index contributed by atoms with van der Waals surface area (Å²) in [6.07, 6.45) is -0.112. The molecule has 4 nitrogen and oxygen atoms in total. The van der Waals surface area contributed by atoms with E-state index in [1.807, 2.05) is 49.4 Å². The van der Waals surface area contributed by atoms with E-state index in [9.17, 15) is 14.7 Å². The quantitative estimate of drug-likeness (QED) is 0.772. The van der Waals surface area contributed by atoms with Gasteiger partial charge in [0.05, 0.1) is 6.42 Å². The molecule has 1 amide bonds. The van der Waals surface area contributed by atoms with Crippen LogP contribution in [0, 0.1) is 6.92 Å². The van der Waals surface area contributed by atoms with Gasteiger partial charge in [0.1, 0.15) is 0 Å². The number of aliphatic carboxylic acids is 1. The molecule has 3 N–H and O–H groups in total. The van der Waals surface area contributed by atoms with Crippen LogP contribution >= 0.6 is 0 Å². The van der Waals surface area contributed by atoms with Crippen LogP contribution in [-0.4, -0.2) is 17.0 Å². The molecule has 0 saturated heterocycles. The minimum atomic E-state index is -0.911. The Morgan fingerprint density at radius 1 is 1.04 bits per heavy atom. The molecular weight excluding hydrogens is 302 g/mol. The third kappa shape index (κ3) is 2.74.